The van der Waals surface area contributed by atoms with Gasteiger partial charge in [0.15, 0.2) is 0 Å². The molecule has 0 spiro atoms. The van der Waals surface area contributed by atoms with Crippen LogP contribution in [0.2, 0.25) is 0 Å². The number of hydrogen-bond donors (Lipinski definition) is 0. The van der Waals surface area contributed by atoms with Crippen molar-refractivity contribution in [3.05, 3.63) is 18.8 Å². The van der Waals surface area contributed by atoms with Gasteiger partial charge in [-0.05, 0) is 0 Å². The Morgan fingerprint density at radius 2 is 2.14 bits per heavy atom. The van der Waals surface area contributed by atoms with Crippen molar-refractivity contribution < 1.29 is 0 Å². The van der Waals surface area contributed by atoms with E-state index in [0.29, 0.717) is 14.5 Å². The molecule has 0 bridgehead atoms. The Morgan fingerprint density at radius 1 is 1.43 bits per heavy atom. The molecule has 0 saturated carbocycles. The van der Waals surface area contributed by atoms with E-state index < -0.39 is 0 Å². The standard InChI is InChI=1S/C4H2Br2Se/c5-3-1-2-7-4(3)6/h1-2H. The van der Waals surface area contributed by atoms with Crippen LogP contribution in [0.4, 0.5) is 0 Å². The van der Waals surface area contributed by atoms with Gasteiger partial charge in [-0.2, -0.15) is 0 Å². The molecule has 7 heavy (non-hydrogen) atoms. The van der Waals surface area contributed by atoms with Crippen LogP contribution in [0.3, 0.4) is 0 Å². The molecule has 1 aromatic rings. The van der Waals surface area contributed by atoms with Crippen LogP contribution in [0.25, 0.3) is 0 Å². The third-order valence-electron chi connectivity index (χ3n) is 0.574. The number of halogens is 2. The maximum atomic E-state index is 3.40. The van der Waals surface area contributed by atoms with Crippen LogP contribution in [0.5, 0.6) is 0 Å². The van der Waals surface area contributed by atoms with E-state index in [0.717, 1.165) is 0 Å². The van der Waals surface area contributed by atoms with Crippen LogP contribution >= 0.6 is 31.9 Å². The summed E-state index contributed by atoms with van der Waals surface area (Å²) in [5.41, 5.74) is 0. The van der Waals surface area contributed by atoms with Crippen LogP contribution in [0, 0.1) is 0 Å². The van der Waals surface area contributed by atoms with Crippen molar-refractivity contribution in [1.29, 1.82) is 0 Å². The average Bonchev–Trinajstić information content (AvgIpc) is 1.91. The molecule has 1 aromatic heterocycles. The van der Waals surface area contributed by atoms with E-state index >= 15 is 0 Å². The molecule has 0 aliphatic rings. The summed E-state index contributed by atoms with van der Waals surface area (Å²) in [5, 5.41) is 0. The monoisotopic (exact) mass is 288 g/mol. The Bertz CT molecular complexity index is 142. The molecule has 0 aliphatic carbocycles. The van der Waals surface area contributed by atoms with Gasteiger partial charge in [-0.25, -0.2) is 0 Å². The molecule has 0 nitrogen and oxygen atoms in total. The van der Waals surface area contributed by atoms with Crippen molar-refractivity contribution in [3.63, 3.8) is 0 Å². The molecule has 0 atom stereocenters. The second-order valence-corrected chi connectivity index (χ2v) is 5.79. The zero-order valence-electron chi connectivity index (χ0n) is 3.32. The van der Waals surface area contributed by atoms with Crippen molar-refractivity contribution in [2.24, 2.45) is 0 Å². The van der Waals surface area contributed by atoms with Crippen molar-refractivity contribution in [2.75, 3.05) is 0 Å². The summed E-state index contributed by atoms with van der Waals surface area (Å²) >= 11 is 7.34. The second-order valence-electron chi connectivity index (χ2n) is 1.04. The number of rotatable bonds is 0. The molecular weight excluding hydrogens is 287 g/mol. The van der Waals surface area contributed by atoms with E-state index in [2.05, 4.69) is 42.9 Å². The molecular formula is C4H2Br2Se. The van der Waals surface area contributed by atoms with E-state index in [-0.39, 0.29) is 0 Å². The third-order valence-corrected chi connectivity index (χ3v) is 5.22. The van der Waals surface area contributed by atoms with E-state index in [4.69, 9.17) is 0 Å². The Labute approximate surface area is 64.9 Å². The van der Waals surface area contributed by atoms with Gasteiger partial charge in [0, 0.05) is 0 Å². The molecule has 38 valence electrons. The zero-order valence-corrected chi connectivity index (χ0v) is 8.20. The van der Waals surface area contributed by atoms with Crippen LogP contribution in [0.1, 0.15) is 0 Å². The van der Waals surface area contributed by atoms with Crippen LogP contribution < -0.4 is 0 Å². The summed E-state index contributed by atoms with van der Waals surface area (Å²) in [6.07, 6.45) is 0. The van der Waals surface area contributed by atoms with Gasteiger partial charge < -0.3 is 0 Å². The molecule has 0 aliphatic heterocycles. The summed E-state index contributed by atoms with van der Waals surface area (Å²) in [6.45, 7) is 0. The SMILES string of the molecule is Brc1cc[se]c1Br. The Kier molecular flexibility index (Phi) is 2.17. The van der Waals surface area contributed by atoms with Gasteiger partial charge >= 0.3 is 65.2 Å². The van der Waals surface area contributed by atoms with Gasteiger partial charge in [0.25, 0.3) is 0 Å². The first kappa shape index (κ1) is 6.09. The molecule has 0 N–H and O–H groups in total. The molecule has 0 fully saturated rings. The molecule has 0 amide bonds. The van der Waals surface area contributed by atoms with E-state index in [1.807, 2.05) is 0 Å². The second kappa shape index (κ2) is 2.49. The minimum absolute atomic E-state index is 0.568. The fourth-order valence-corrected chi connectivity index (χ4v) is 3.04. The first-order valence-corrected chi connectivity index (χ1v) is 5.12. The Morgan fingerprint density at radius 3 is 2.29 bits per heavy atom. The fraction of sp³-hybridized carbons (Fsp3) is 0. The first-order chi connectivity index (χ1) is 3.30. The molecule has 0 radical (unpaired) electrons. The van der Waals surface area contributed by atoms with Gasteiger partial charge in [-0.1, -0.05) is 0 Å². The van der Waals surface area contributed by atoms with Crippen LogP contribution in [-0.4, -0.2) is 14.5 Å². The zero-order chi connectivity index (χ0) is 5.28. The minimum atomic E-state index is 0.568. The summed E-state index contributed by atoms with van der Waals surface area (Å²) in [7, 11) is 0. The molecule has 1 heterocycles. The van der Waals surface area contributed by atoms with E-state index in [1.54, 1.807) is 0 Å². The quantitative estimate of drug-likeness (QED) is 0.643. The van der Waals surface area contributed by atoms with Crippen LogP contribution in [0.15, 0.2) is 18.8 Å². The molecule has 3 heteroatoms. The summed E-state index contributed by atoms with van der Waals surface area (Å²) in [6, 6.07) is 2.07. The third kappa shape index (κ3) is 1.43. The number of hydrogen-bond acceptors (Lipinski definition) is 0. The van der Waals surface area contributed by atoms with Crippen molar-refractivity contribution >= 4 is 46.4 Å². The normalized spacial score (nSPS) is 9.43. The average molecular weight is 289 g/mol. The summed E-state index contributed by atoms with van der Waals surface area (Å²) in [5.74, 6) is 0. The fourth-order valence-electron chi connectivity index (χ4n) is 0.275. The van der Waals surface area contributed by atoms with Crippen molar-refractivity contribution in [3.8, 4) is 0 Å². The van der Waals surface area contributed by atoms with Gasteiger partial charge in [0.05, 0.1) is 0 Å². The predicted octanol–water partition coefficient (Wildman–Crippen LogP) is 2.27. The summed E-state index contributed by atoms with van der Waals surface area (Å²) in [4.78, 5) is 2.17. The molecule has 0 unspecified atom stereocenters. The molecule has 0 saturated heterocycles. The topological polar surface area (TPSA) is 0 Å². The molecule has 0 aromatic carbocycles. The maximum absolute atomic E-state index is 3.40. The van der Waals surface area contributed by atoms with Gasteiger partial charge in [-0.3, -0.25) is 0 Å². The molecule has 1 rings (SSSR count). The van der Waals surface area contributed by atoms with Gasteiger partial charge in [0.2, 0.25) is 0 Å². The van der Waals surface area contributed by atoms with Crippen molar-refractivity contribution in [1.82, 2.24) is 0 Å². The Balaban J connectivity index is 3.12. The first-order valence-electron chi connectivity index (χ1n) is 1.69. The Hall–Kier alpha value is 0.959. The van der Waals surface area contributed by atoms with E-state index in [1.165, 1.54) is 7.82 Å². The predicted molar refractivity (Wildman–Crippen MR) is 38.8 cm³/mol. The van der Waals surface area contributed by atoms with E-state index in [9.17, 15) is 0 Å². The van der Waals surface area contributed by atoms with Crippen LogP contribution in [-0.2, 0) is 0 Å². The summed E-state index contributed by atoms with van der Waals surface area (Å²) < 4.78 is 2.51. The van der Waals surface area contributed by atoms with Crippen molar-refractivity contribution in [2.45, 2.75) is 0 Å². The van der Waals surface area contributed by atoms with Gasteiger partial charge in [0.1, 0.15) is 0 Å². The van der Waals surface area contributed by atoms with Gasteiger partial charge in [-0.15, -0.1) is 0 Å².